The Morgan fingerprint density at radius 3 is 2.72 bits per heavy atom. The van der Waals surface area contributed by atoms with Crippen molar-refractivity contribution in [3.05, 3.63) is 17.5 Å². The number of aliphatic carboxylic acids is 1. The van der Waals surface area contributed by atoms with Crippen molar-refractivity contribution < 1.29 is 14.6 Å². The fraction of sp³-hybridized carbons (Fsp3) is 0.667. The van der Waals surface area contributed by atoms with Gasteiger partial charge in [-0.15, -0.1) is 0 Å². The van der Waals surface area contributed by atoms with Crippen LogP contribution in [0.25, 0.3) is 0 Å². The summed E-state index contributed by atoms with van der Waals surface area (Å²) in [6.45, 7) is 4.79. The number of nitrogens with zero attached hydrogens (tertiary/aromatic N) is 3. The maximum Gasteiger partial charge on any atom is 0.305 e. The van der Waals surface area contributed by atoms with Crippen LogP contribution < -0.4 is 0 Å². The van der Waals surface area contributed by atoms with E-state index in [0.717, 1.165) is 24.3 Å². The summed E-state index contributed by atoms with van der Waals surface area (Å²) >= 11 is 0. The molecule has 1 aromatic rings. The van der Waals surface area contributed by atoms with E-state index in [9.17, 15) is 4.79 Å². The molecule has 100 valence electrons. The zero-order chi connectivity index (χ0) is 13.1. The molecule has 1 saturated heterocycles. The van der Waals surface area contributed by atoms with Crippen LogP contribution in [0.1, 0.15) is 23.7 Å². The summed E-state index contributed by atoms with van der Waals surface area (Å²) in [6, 6.07) is -0.111. The molecule has 1 atom stereocenters. The molecule has 6 nitrogen and oxygen atoms in total. The number of hydrogen-bond acceptors (Lipinski definition) is 4. The van der Waals surface area contributed by atoms with Gasteiger partial charge in [0.1, 0.15) is 0 Å². The average Bonchev–Trinajstić information content (AvgIpc) is 2.66. The summed E-state index contributed by atoms with van der Waals surface area (Å²) in [5.41, 5.74) is 1.90. The summed E-state index contributed by atoms with van der Waals surface area (Å²) in [7, 11) is 1.85. The largest absolute Gasteiger partial charge is 0.481 e. The number of morpholine rings is 1. The predicted octanol–water partition coefficient (Wildman–Crippen LogP) is 0.577. The molecule has 0 radical (unpaired) electrons. The Balaban J connectivity index is 2.23. The van der Waals surface area contributed by atoms with Gasteiger partial charge in [-0.05, 0) is 6.92 Å². The number of rotatable bonds is 4. The third-order valence-electron chi connectivity index (χ3n) is 3.26. The first-order valence-corrected chi connectivity index (χ1v) is 6.11. The highest BCUT2D eigenvalue weighted by Gasteiger charge is 2.27. The van der Waals surface area contributed by atoms with E-state index in [4.69, 9.17) is 9.84 Å². The van der Waals surface area contributed by atoms with Gasteiger partial charge in [0.15, 0.2) is 0 Å². The zero-order valence-corrected chi connectivity index (χ0v) is 10.8. The Labute approximate surface area is 106 Å². The predicted molar refractivity (Wildman–Crippen MR) is 65.3 cm³/mol. The number of ether oxygens (including phenoxy) is 1. The molecule has 0 spiro atoms. The second kappa shape index (κ2) is 5.49. The summed E-state index contributed by atoms with van der Waals surface area (Å²) in [5, 5.41) is 13.4. The minimum atomic E-state index is -0.783. The van der Waals surface area contributed by atoms with Gasteiger partial charge in [-0.2, -0.15) is 5.10 Å². The van der Waals surface area contributed by atoms with E-state index >= 15 is 0 Å². The molecule has 0 bridgehead atoms. The summed E-state index contributed by atoms with van der Waals surface area (Å²) in [6.07, 6.45) is 2.02. The number of aryl methyl sites for hydroxylation is 2. The lowest BCUT2D eigenvalue weighted by Crippen LogP contribution is -2.40. The van der Waals surface area contributed by atoms with Crippen LogP contribution >= 0.6 is 0 Å². The first-order valence-electron chi connectivity index (χ1n) is 6.11. The summed E-state index contributed by atoms with van der Waals surface area (Å²) in [4.78, 5) is 13.2. The highest BCUT2D eigenvalue weighted by Crippen LogP contribution is 2.27. The number of carboxylic acids is 1. The van der Waals surface area contributed by atoms with Crippen molar-refractivity contribution in [2.75, 3.05) is 26.3 Å². The van der Waals surface area contributed by atoms with Crippen molar-refractivity contribution in [2.24, 2.45) is 7.05 Å². The normalized spacial score (nSPS) is 18.8. The second-order valence-electron chi connectivity index (χ2n) is 4.61. The first kappa shape index (κ1) is 13.0. The Kier molecular flexibility index (Phi) is 3.98. The highest BCUT2D eigenvalue weighted by atomic mass is 16.5. The average molecular weight is 253 g/mol. The van der Waals surface area contributed by atoms with E-state index in [-0.39, 0.29) is 12.5 Å². The third kappa shape index (κ3) is 2.88. The van der Waals surface area contributed by atoms with Crippen molar-refractivity contribution in [3.63, 3.8) is 0 Å². The van der Waals surface area contributed by atoms with Crippen LogP contribution in [-0.4, -0.2) is 52.1 Å². The van der Waals surface area contributed by atoms with E-state index in [1.165, 1.54) is 0 Å². The Bertz CT molecular complexity index is 424. The molecule has 1 aliphatic rings. The highest BCUT2D eigenvalue weighted by molar-refractivity contribution is 5.68. The Morgan fingerprint density at radius 2 is 2.22 bits per heavy atom. The molecule has 2 heterocycles. The topological polar surface area (TPSA) is 67.6 Å². The van der Waals surface area contributed by atoms with Crippen LogP contribution in [0.5, 0.6) is 0 Å². The van der Waals surface area contributed by atoms with Crippen molar-refractivity contribution in [1.82, 2.24) is 14.7 Å². The molecule has 1 unspecified atom stereocenters. The molecule has 1 fully saturated rings. The molecule has 2 rings (SSSR count). The van der Waals surface area contributed by atoms with Crippen molar-refractivity contribution in [3.8, 4) is 0 Å². The quantitative estimate of drug-likeness (QED) is 0.850. The molecule has 6 heteroatoms. The molecule has 0 aromatic carbocycles. The fourth-order valence-electron chi connectivity index (χ4n) is 2.44. The van der Waals surface area contributed by atoms with E-state index in [2.05, 4.69) is 10.00 Å². The van der Waals surface area contributed by atoms with Crippen LogP contribution in [-0.2, 0) is 16.6 Å². The van der Waals surface area contributed by atoms with Crippen molar-refractivity contribution in [2.45, 2.75) is 19.4 Å². The lowest BCUT2D eigenvalue weighted by molar-refractivity contribution is -0.139. The van der Waals surface area contributed by atoms with Crippen LogP contribution in [0.3, 0.4) is 0 Å². The van der Waals surface area contributed by atoms with Crippen molar-refractivity contribution >= 4 is 5.97 Å². The Morgan fingerprint density at radius 1 is 1.56 bits per heavy atom. The minimum absolute atomic E-state index is 0.104. The zero-order valence-electron chi connectivity index (χ0n) is 10.8. The van der Waals surface area contributed by atoms with Gasteiger partial charge in [0, 0.05) is 37.9 Å². The fourth-order valence-corrected chi connectivity index (χ4v) is 2.44. The van der Waals surface area contributed by atoms with Gasteiger partial charge >= 0.3 is 5.97 Å². The van der Waals surface area contributed by atoms with Gasteiger partial charge in [-0.3, -0.25) is 14.4 Å². The molecular weight excluding hydrogens is 234 g/mol. The molecule has 0 amide bonds. The molecule has 18 heavy (non-hydrogen) atoms. The second-order valence-corrected chi connectivity index (χ2v) is 4.61. The molecule has 0 saturated carbocycles. The van der Waals surface area contributed by atoms with Crippen LogP contribution in [0.15, 0.2) is 6.20 Å². The number of carbonyl (C=O) groups is 1. The van der Waals surface area contributed by atoms with E-state index in [1.54, 1.807) is 4.68 Å². The lowest BCUT2D eigenvalue weighted by Gasteiger charge is -2.33. The van der Waals surface area contributed by atoms with Gasteiger partial charge < -0.3 is 9.84 Å². The lowest BCUT2D eigenvalue weighted by atomic mass is 10.0. The number of carboxylic acid groups (broad SMARTS) is 1. The van der Waals surface area contributed by atoms with Gasteiger partial charge in [0.05, 0.1) is 25.3 Å². The van der Waals surface area contributed by atoms with Crippen LogP contribution in [0, 0.1) is 6.92 Å². The van der Waals surface area contributed by atoms with Crippen LogP contribution in [0.2, 0.25) is 0 Å². The number of aromatic nitrogens is 2. The maximum atomic E-state index is 11.1. The molecule has 1 aliphatic heterocycles. The minimum Gasteiger partial charge on any atom is -0.481 e. The first-order chi connectivity index (χ1) is 8.58. The summed E-state index contributed by atoms with van der Waals surface area (Å²) in [5.74, 6) is -0.783. The standard InChI is InChI=1S/C12H19N3O3/c1-9-10(8-14(2)13-9)11(7-12(16)17)15-3-5-18-6-4-15/h8,11H,3-7H2,1-2H3,(H,16,17). The molecule has 1 N–H and O–H groups in total. The SMILES string of the molecule is Cc1nn(C)cc1C(CC(=O)O)N1CCOCC1. The Hall–Kier alpha value is -1.40. The summed E-state index contributed by atoms with van der Waals surface area (Å²) < 4.78 is 7.05. The van der Waals surface area contributed by atoms with Crippen LogP contribution in [0.4, 0.5) is 0 Å². The smallest absolute Gasteiger partial charge is 0.305 e. The van der Waals surface area contributed by atoms with Gasteiger partial charge in [-0.1, -0.05) is 0 Å². The molecule has 1 aromatic heterocycles. The maximum absolute atomic E-state index is 11.1. The molecule has 0 aliphatic carbocycles. The monoisotopic (exact) mass is 253 g/mol. The van der Waals surface area contributed by atoms with E-state index in [1.807, 2.05) is 20.2 Å². The van der Waals surface area contributed by atoms with Gasteiger partial charge in [0.25, 0.3) is 0 Å². The molecular formula is C12H19N3O3. The van der Waals surface area contributed by atoms with Gasteiger partial charge in [0.2, 0.25) is 0 Å². The third-order valence-corrected chi connectivity index (χ3v) is 3.26. The van der Waals surface area contributed by atoms with E-state index in [0.29, 0.717) is 13.2 Å². The van der Waals surface area contributed by atoms with Gasteiger partial charge in [-0.25, -0.2) is 0 Å². The van der Waals surface area contributed by atoms with Crippen molar-refractivity contribution in [1.29, 1.82) is 0 Å². The van der Waals surface area contributed by atoms with E-state index < -0.39 is 5.97 Å². The number of hydrogen-bond donors (Lipinski definition) is 1.